The minimum Gasteiger partial charge on any atom is -0.493 e. The second kappa shape index (κ2) is 2.88. The molecule has 0 aliphatic carbocycles. The van der Waals surface area contributed by atoms with Crippen LogP contribution in [0.5, 0.6) is 5.88 Å². The molecule has 0 spiro atoms. The molecule has 0 saturated carbocycles. The average molecular weight is 197 g/mol. The first-order valence-electron chi connectivity index (χ1n) is 3.46. The second-order valence-corrected chi connectivity index (χ2v) is 4.22. The Morgan fingerprint density at radius 3 is 2.75 bits per heavy atom. The van der Waals surface area contributed by atoms with E-state index in [1.54, 1.807) is 16.7 Å². The first-order valence-corrected chi connectivity index (χ1v) is 5.22. The van der Waals surface area contributed by atoms with Crippen molar-refractivity contribution < 1.29 is 5.11 Å². The lowest BCUT2D eigenvalue weighted by Crippen LogP contribution is -1.72. The van der Waals surface area contributed by atoms with E-state index in [-0.39, 0.29) is 5.88 Å². The molecule has 2 nitrogen and oxygen atoms in total. The van der Waals surface area contributed by atoms with Gasteiger partial charge in [-0.15, -0.1) is 22.7 Å². The van der Waals surface area contributed by atoms with Crippen LogP contribution in [0.1, 0.15) is 5.56 Å². The molecule has 2 rings (SSSR count). The Morgan fingerprint density at radius 1 is 1.42 bits per heavy atom. The van der Waals surface area contributed by atoms with Crippen LogP contribution in [-0.2, 0) is 0 Å². The molecule has 0 aliphatic rings. The monoisotopic (exact) mass is 197 g/mol. The Kier molecular flexibility index (Phi) is 1.86. The Balaban J connectivity index is 2.50. The first-order chi connectivity index (χ1) is 5.77. The van der Waals surface area contributed by atoms with Crippen LogP contribution in [0.4, 0.5) is 0 Å². The quantitative estimate of drug-likeness (QED) is 0.762. The third kappa shape index (κ3) is 1.23. The molecule has 0 bridgehead atoms. The fourth-order valence-corrected chi connectivity index (χ4v) is 2.74. The fraction of sp³-hybridized carbons (Fsp3) is 0.125. The maximum absolute atomic E-state index is 9.05. The Morgan fingerprint density at radius 2 is 2.25 bits per heavy atom. The molecule has 2 aromatic heterocycles. The molecule has 2 aromatic rings. The van der Waals surface area contributed by atoms with Crippen molar-refractivity contribution in [3.05, 3.63) is 22.4 Å². The van der Waals surface area contributed by atoms with Gasteiger partial charge in [0.2, 0.25) is 5.88 Å². The maximum atomic E-state index is 9.05. The molecule has 2 heterocycles. The van der Waals surface area contributed by atoms with Gasteiger partial charge in [-0.1, -0.05) is 0 Å². The van der Waals surface area contributed by atoms with Crippen molar-refractivity contribution in [3.63, 3.8) is 0 Å². The molecule has 12 heavy (non-hydrogen) atoms. The van der Waals surface area contributed by atoms with Gasteiger partial charge in [0.25, 0.3) is 0 Å². The third-order valence-electron chi connectivity index (χ3n) is 1.55. The summed E-state index contributed by atoms with van der Waals surface area (Å²) in [5.74, 6) is 0.114. The summed E-state index contributed by atoms with van der Waals surface area (Å²) in [7, 11) is 0. The minimum atomic E-state index is 0.114. The average Bonchev–Trinajstić information content (AvgIpc) is 2.58. The number of thiazole rings is 1. The van der Waals surface area contributed by atoms with Crippen LogP contribution in [0.25, 0.3) is 9.88 Å². The lowest BCUT2D eigenvalue weighted by atomic mass is 10.3. The van der Waals surface area contributed by atoms with Crippen molar-refractivity contribution in [3.8, 4) is 15.8 Å². The van der Waals surface area contributed by atoms with Crippen LogP contribution in [0.3, 0.4) is 0 Å². The summed E-state index contributed by atoms with van der Waals surface area (Å²) in [4.78, 5) is 5.15. The molecule has 0 radical (unpaired) electrons. The fourth-order valence-electron chi connectivity index (χ4n) is 0.961. The second-order valence-electron chi connectivity index (χ2n) is 2.44. The summed E-state index contributed by atoms with van der Waals surface area (Å²) in [6.07, 6.45) is 0. The highest BCUT2D eigenvalue weighted by Crippen LogP contribution is 2.32. The summed E-state index contributed by atoms with van der Waals surface area (Å²) in [6, 6.07) is 2.05. The molecule has 0 fully saturated rings. The number of aromatic hydroxyl groups is 1. The van der Waals surface area contributed by atoms with Gasteiger partial charge in [-0.05, 0) is 23.9 Å². The van der Waals surface area contributed by atoms with Gasteiger partial charge in [0.1, 0.15) is 5.01 Å². The largest absolute Gasteiger partial charge is 0.493 e. The van der Waals surface area contributed by atoms with Crippen molar-refractivity contribution in [2.45, 2.75) is 6.92 Å². The topological polar surface area (TPSA) is 33.1 Å². The highest BCUT2D eigenvalue weighted by molar-refractivity contribution is 7.20. The van der Waals surface area contributed by atoms with Crippen LogP contribution in [-0.4, -0.2) is 10.1 Å². The Bertz CT molecular complexity index is 391. The number of nitrogens with zero attached hydrogens (tertiary/aromatic N) is 1. The van der Waals surface area contributed by atoms with Gasteiger partial charge in [0.05, 0.1) is 10.3 Å². The van der Waals surface area contributed by atoms with Crippen molar-refractivity contribution in [2.24, 2.45) is 0 Å². The molecular formula is C8H7NOS2. The van der Waals surface area contributed by atoms with Gasteiger partial charge in [-0.3, -0.25) is 0 Å². The van der Waals surface area contributed by atoms with Crippen LogP contribution < -0.4 is 0 Å². The number of aromatic nitrogens is 1. The predicted octanol–water partition coefficient (Wildman–Crippen LogP) is 2.89. The third-order valence-corrected chi connectivity index (χ3v) is 3.55. The highest BCUT2D eigenvalue weighted by Gasteiger charge is 2.07. The lowest BCUT2D eigenvalue weighted by molar-refractivity contribution is 0.458. The molecule has 0 atom stereocenters. The number of thiophene rings is 1. The summed E-state index contributed by atoms with van der Waals surface area (Å²) in [5.41, 5.74) is 1.22. The zero-order chi connectivity index (χ0) is 8.55. The zero-order valence-electron chi connectivity index (χ0n) is 6.44. The predicted molar refractivity (Wildman–Crippen MR) is 51.8 cm³/mol. The van der Waals surface area contributed by atoms with Crippen LogP contribution in [0, 0.1) is 6.92 Å². The van der Waals surface area contributed by atoms with Gasteiger partial charge in [0, 0.05) is 0 Å². The van der Waals surface area contributed by atoms with Crippen LogP contribution in [0.2, 0.25) is 0 Å². The molecular weight excluding hydrogens is 190 g/mol. The van der Waals surface area contributed by atoms with E-state index in [1.165, 1.54) is 16.9 Å². The van der Waals surface area contributed by atoms with Crippen molar-refractivity contribution in [2.75, 3.05) is 0 Å². The summed E-state index contributed by atoms with van der Waals surface area (Å²) in [6.45, 7) is 2.05. The van der Waals surface area contributed by atoms with Crippen LogP contribution >= 0.6 is 22.7 Å². The van der Waals surface area contributed by atoms with E-state index < -0.39 is 0 Å². The van der Waals surface area contributed by atoms with Gasteiger partial charge in [0.15, 0.2) is 0 Å². The molecule has 1 N–H and O–H groups in total. The van der Waals surface area contributed by atoms with E-state index >= 15 is 0 Å². The number of aryl methyl sites for hydroxylation is 1. The van der Waals surface area contributed by atoms with E-state index in [1.807, 2.05) is 12.3 Å². The summed E-state index contributed by atoms with van der Waals surface area (Å²) < 4.78 is 0. The molecule has 0 saturated heterocycles. The summed E-state index contributed by atoms with van der Waals surface area (Å²) in [5, 5.41) is 13.6. The number of rotatable bonds is 1. The lowest BCUT2D eigenvalue weighted by Gasteiger charge is -1.90. The van der Waals surface area contributed by atoms with Crippen molar-refractivity contribution in [1.82, 2.24) is 4.98 Å². The number of hydrogen-bond acceptors (Lipinski definition) is 4. The SMILES string of the molecule is Cc1ccsc1-c1nc(O)cs1. The van der Waals surface area contributed by atoms with E-state index in [0.717, 1.165) is 9.88 Å². The van der Waals surface area contributed by atoms with E-state index in [2.05, 4.69) is 11.1 Å². The van der Waals surface area contributed by atoms with Crippen LogP contribution in [0.15, 0.2) is 16.8 Å². The van der Waals surface area contributed by atoms with Crippen molar-refractivity contribution in [1.29, 1.82) is 0 Å². The number of hydrogen-bond donors (Lipinski definition) is 1. The molecule has 62 valence electrons. The molecule has 4 heteroatoms. The standard InChI is InChI=1S/C8H7NOS2/c1-5-2-3-11-7(5)8-9-6(10)4-12-8/h2-4,10H,1H3. The Labute approximate surface area is 78.1 Å². The Hall–Kier alpha value is -0.870. The van der Waals surface area contributed by atoms with Gasteiger partial charge >= 0.3 is 0 Å². The highest BCUT2D eigenvalue weighted by atomic mass is 32.1. The van der Waals surface area contributed by atoms with Gasteiger partial charge in [-0.25, -0.2) is 4.98 Å². The van der Waals surface area contributed by atoms with E-state index in [9.17, 15) is 0 Å². The van der Waals surface area contributed by atoms with Crippen molar-refractivity contribution >= 4 is 22.7 Å². The minimum absolute atomic E-state index is 0.114. The molecule has 0 amide bonds. The summed E-state index contributed by atoms with van der Waals surface area (Å²) >= 11 is 3.12. The first kappa shape index (κ1) is 7.76. The van der Waals surface area contributed by atoms with Gasteiger partial charge in [-0.2, -0.15) is 0 Å². The van der Waals surface area contributed by atoms with Gasteiger partial charge < -0.3 is 5.11 Å². The molecule has 0 aromatic carbocycles. The maximum Gasteiger partial charge on any atom is 0.222 e. The molecule has 0 unspecified atom stereocenters. The van der Waals surface area contributed by atoms with E-state index in [0.29, 0.717) is 0 Å². The normalized spacial score (nSPS) is 10.4. The molecule has 0 aliphatic heterocycles. The smallest absolute Gasteiger partial charge is 0.222 e. The van der Waals surface area contributed by atoms with E-state index in [4.69, 9.17) is 5.11 Å². The zero-order valence-corrected chi connectivity index (χ0v) is 8.08.